The number of rotatable bonds is 5. The molecule has 1 unspecified atom stereocenters. The smallest absolute Gasteiger partial charge is 0.0440 e. The lowest BCUT2D eigenvalue weighted by molar-refractivity contribution is 0.302. The Morgan fingerprint density at radius 1 is 1.38 bits per heavy atom. The lowest BCUT2D eigenvalue weighted by Crippen LogP contribution is -2.29. The van der Waals surface area contributed by atoms with Crippen molar-refractivity contribution in [1.82, 2.24) is 0 Å². The van der Waals surface area contributed by atoms with E-state index >= 15 is 0 Å². The molecule has 1 atom stereocenters. The highest BCUT2D eigenvalue weighted by Crippen LogP contribution is 2.30. The van der Waals surface area contributed by atoms with Gasteiger partial charge in [-0.25, -0.2) is 0 Å². The zero-order valence-electron chi connectivity index (χ0n) is 10.5. The van der Waals surface area contributed by atoms with Crippen LogP contribution in [0.4, 0.5) is 0 Å². The number of aryl methyl sites for hydroxylation is 1. The van der Waals surface area contributed by atoms with E-state index in [4.69, 9.17) is 17.3 Å². The molecule has 0 fully saturated rings. The van der Waals surface area contributed by atoms with E-state index < -0.39 is 0 Å². The molecule has 0 aromatic heterocycles. The highest BCUT2D eigenvalue weighted by Gasteiger charge is 2.22. The van der Waals surface area contributed by atoms with Crippen molar-refractivity contribution in [2.75, 3.05) is 6.54 Å². The monoisotopic (exact) mass is 239 g/mol. The molecule has 1 nitrogen and oxygen atoms in total. The van der Waals surface area contributed by atoms with Crippen LogP contribution in [0.5, 0.6) is 0 Å². The molecule has 0 amide bonds. The summed E-state index contributed by atoms with van der Waals surface area (Å²) < 4.78 is 0. The third kappa shape index (κ3) is 3.50. The molecule has 16 heavy (non-hydrogen) atoms. The van der Waals surface area contributed by atoms with Crippen LogP contribution in [-0.4, -0.2) is 6.54 Å². The summed E-state index contributed by atoms with van der Waals surface area (Å²) in [6, 6.07) is 6.27. The van der Waals surface area contributed by atoms with Crippen LogP contribution in [0.2, 0.25) is 5.02 Å². The minimum absolute atomic E-state index is 0.174. The van der Waals surface area contributed by atoms with Crippen LogP contribution < -0.4 is 5.73 Å². The van der Waals surface area contributed by atoms with Gasteiger partial charge in [-0.2, -0.15) is 0 Å². The molecule has 0 bridgehead atoms. The fourth-order valence-corrected chi connectivity index (χ4v) is 2.42. The van der Waals surface area contributed by atoms with Crippen molar-refractivity contribution >= 4 is 11.6 Å². The van der Waals surface area contributed by atoms with Gasteiger partial charge in [-0.3, -0.25) is 0 Å². The molecule has 2 N–H and O–H groups in total. The van der Waals surface area contributed by atoms with Gasteiger partial charge < -0.3 is 5.73 Å². The van der Waals surface area contributed by atoms with Crippen molar-refractivity contribution < 1.29 is 0 Å². The molecule has 0 aliphatic carbocycles. The molecule has 0 heterocycles. The molecular formula is C14H22ClN. The molecule has 0 saturated heterocycles. The first-order valence-electron chi connectivity index (χ1n) is 5.96. The minimum Gasteiger partial charge on any atom is -0.330 e. The Kier molecular flexibility index (Phi) is 4.82. The fourth-order valence-electron chi connectivity index (χ4n) is 2.12. The number of hydrogen-bond donors (Lipinski definition) is 1. The number of hydrogen-bond acceptors (Lipinski definition) is 1. The van der Waals surface area contributed by atoms with Crippen LogP contribution >= 0.6 is 11.6 Å². The quantitative estimate of drug-likeness (QED) is 0.827. The summed E-state index contributed by atoms with van der Waals surface area (Å²) in [6.45, 7) is 7.21. The number of halogens is 1. The number of benzene rings is 1. The van der Waals surface area contributed by atoms with Gasteiger partial charge in [-0.05, 0) is 48.9 Å². The third-order valence-electron chi connectivity index (χ3n) is 3.17. The Hall–Kier alpha value is -0.530. The molecule has 1 aromatic rings. The Labute approximate surface area is 104 Å². The standard InChI is InChI=1S/C14H22ClN/c1-4-7-14(3,10-16)9-12-6-5-11(2)8-13(12)15/h5-6,8H,4,7,9-10,16H2,1-3H3. The second-order valence-electron chi connectivity index (χ2n) is 5.04. The van der Waals surface area contributed by atoms with Crippen LogP contribution in [0.15, 0.2) is 18.2 Å². The van der Waals surface area contributed by atoms with Crippen LogP contribution in [0.3, 0.4) is 0 Å². The molecular weight excluding hydrogens is 218 g/mol. The van der Waals surface area contributed by atoms with Crippen LogP contribution in [-0.2, 0) is 6.42 Å². The first kappa shape index (κ1) is 13.5. The Bertz CT molecular complexity index is 349. The molecule has 1 aromatic carbocycles. The summed E-state index contributed by atoms with van der Waals surface area (Å²) >= 11 is 6.25. The third-order valence-corrected chi connectivity index (χ3v) is 3.52. The van der Waals surface area contributed by atoms with Gasteiger partial charge in [0.2, 0.25) is 0 Å². The maximum absolute atomic E-state index is 6.25. The minimum atomic E-state index is 0.174. The van der Waals surface area contributed by atoms with Crippen molar-refractivity contribution in [2.24, 2.45) is 11.1 Å². The van der Waals surface area contributed by atoms with E-state index in [-0.39, 0.29) is 5.41 Å². The van der Waals surface area contributed by atoms with Crippen molar-refractivity contribution in [3.63, 3.8) is 0 Å². The Balaban J connectivity index is 2.85. The van der Waals surface area contributed by atoms with Gasteiger partial charge in [0.1, 0.15) is 0 Å². The zero-order chi connectivity index (χ0) is 12.2. The van der Waals surface area contributed by atoms with Gasteiger partial charge in [0.25, 0.3) is 0 Å². The van der Waals surface area contributed by atoms with Crippen molar-refractivity contribution in [1.29, 1.82) is 0 Å². The summed E-state index contributed by atoms with van der Waals surface area (Å²) in [6.07, 6.45) is 3.28. The average Bonchev–Trinajstić information content (AvgIpc) is 2.23. The summed E-state index contributed by atoms with van der Waals surface area (Å²) in [7, 11) is 0. The largest absolute Gasteiger partial charge is 0.330 e. The topological polar surface area (TPSA) is 26.0 Å². The highest BCUT2D eigenvalue weighted by molar-refractivity contribution is 6.31. The van der Waals surface area contributed by atoms with E-state index in [0.717, 1.165) is 24.3 Å². The first-order chi connectivity index (χ1) is 7.50. The van der Waals surface area contributed by atoms with E-state index in [1.807, 2.05) is 6.07 Å². The van der Waals surface area contributed by atoms with Crippen molar-refractivity contribution in [3.8, 4) is 0 Å². The predicted octanol–water partition coefficient (Wildman–Crippen LogP) is 3.96. The molecule has 0 saturated carbocycles. The van der Waals surface area contributed by atoms with Crippen LogP contribution in [0, 0.1) is 12.3 Å². The van der Waals surface area contributed by atoms with Gasteiger partial charge in [0, 0.05) is 5.02 Å². The molecule has 0 spiro atoms. The highest BCUT2D eigenvalue weighted by atomic mass is 35.5. The average molecular weight is 240 g/mol. The lowest BCUT2D eigenvalue weighted by atomic mass is 9.80. The second kappa shape index (κ2) is 5.70. The van der Waals surface area contributed by atoms with Crippen molar-refractivity contribution in [2.45, 2.75) is 40.0 Å². The maximum atomic E-state index is 6.25. The van der Waals surface area contributed by atoms with Gasteiger partial charge in [-0.1, -0.05) is 44.0 Å². The van der Waals surface area contributed by atoms with E-state index in [1.54, 1.807) is 0 Å². The Morgan fingerprint density at radius 2 is 2.06 bits per heavy atom. The molecule has 0 aliphatic heterocycles. The zero-order valence-corrected chi connectivity index (χ0v) is 11.3. The van der Waals surface area contributed by atoms with E-state index in [9.17, 15) is 0 Å². The van der Waals surface area contributed by atoms with Crippen LogP contribution in [0.1, 0.15) is 37.8 Å². The van der Waals surface area contributed by atoms with Gasteiger partial charge in [0.05, 0.1) is 0 Å². The van der Waals surface area contributed by atoms with E-state index in [2.05, 4.69) is 32.9 Å². The molecule has 0 aliphatic rings. The molecule has 2 heteroatoms. The predicted molar refractivity (Wildman–Crippen MR) is 72.0 cm³/mol. The number of nitrogens with two attached hydrogens (primary N) is 1. The van der Waals surface area contributed by atoms with Crippen LogP contribution in [0.25, 0.3) is 0 Å². The van der Waals surface area contributed by atoms with Gasteiger partial charge in [0.15, 0.2) is 0 Å². The summed E-state index contributed by atoms with van der Waals surface area (Å²) in [5, 5.41) is 0.871. The molecule has 0 radical (unpaired) electrons. The van der Waals surface area contributed by atoms with E-state index in [0.29, 0.717) is 6.54 Å². The molecule has 1 rings (SSSR count). The maximum Gasteiger partial charge on any atom is 0.0440 e. The van der Waals surface area contributed by atoms with Gasteiger partial charge in [-0.15, -0.1) is 0 Å². The first-order valence-corrected chi connectivity index (χ1v) is 6.33. The fraction of sp³-hybridized carbons (Fsp3) is 0.571. The van der Waals surface area contributed by atoms with Crippen molar-refractivity contribution in [3.05, 3.63) is 34.3 Å². The molecule has 90 valence electrons. The lowest BCUT2D eigenvalue weighted by Gasteiger charge is -2.28. The summed E-state index contributed by atoms with van der Waals surface area (Å²) in [5.41, 5.74) is 8.48. The summed E-state index contributed by atoms with van der Waals surface area (Å²) in [5.74, 6) is 0. The van der Waals surface area contributed by atoms with E-state index in [1.165, 1.54) is 11.1 Å². The SMILES string of the molecule is CCCC(C)(CN)Cc1ccc(C)cc1Cl. The second-order valence-corrected chi connectivity index (χ2v) is 5.44. The van der Waals surface area contributed by atoms with Gasteiger partial charge >= 0.3 is 0 Å². The normalized spacial score (nSPS) is 14.8. The Morgan fingerprint density at radius 3 is 2.56 bits per heavy atom. The summed E-state index contributed by atoms with van der Waals surface area (Å²) in [4.78, 5) is 0.